The number of hydrogen-bond donors (Lipinski definition) is 1. The molecule has 144 valence electrons. The van der Waals surface area contributed by atoms with Gasteiger partial charge in [0.25, 0.3) is 5.91 Å². The molecule has 0 bridgehead atoms. The van der Waals surface area contributed by atoms with E-state index < -0.39 is 5.91 Å². The van der Waals surface area contributed by atoms with Crippen LogP contribution in [-0.4, -0.2) is 43.5 Å². The van der Waals surface area contributed by atoms with Crippen LogP contribution in [0.1, 0.15) is 10.4 Å². The van der Waals surface area contributed by atoms with Crippen molar-refractivity contribution in [1.82, 2.24) is 10.2 Å². The number of rotatable bonds is 5. The highest BCUT2D eigenvalue weighted by Crippen LogP contribution is 2.35. The van der Waals surface area contributed by atoms with Crippen molar-refractivity contribution in [3.63, 3.8) is 0 Å². The van der Waals surface area contributed by atoms with Gasteiger partial charge in [-0.05, 0) is 30.3 Å². The molecule has 4 rings (SSSR count). The molecule has 0 unspecified atom stereocenters. The topological polar surface area (TPSA) is 105 Å². The summed E-state index contributed by atoms with van der Waals surface area (Å²) in [6, 6.07) is 10.2. The lowest BCUT2D eigenvalue weighted by atomic mass is 10.1. The van der Waals surface area contributed by atoms with Crippen molar-refractivity contribution in [2.24, 2.45) is 0 Å². The zero-order chi connectivity index (χ0) is 19.5. The molecule has 0 aliphatic carbocycles. The Balaban J connectivity index is 1.55. The average Bonchev–Trinajstić information content (AvgIpc) is 3.21. The number of fused-ring (bicyclic) bond motifs is 1. The van der Waals surface area contributed by atoms with E-state index in [0.29, 0.717) is 41.8 Å². The lowest BCUT2D eigenvalue weighted by molar-refractivity contribution is 0.102. The van der Waals surface area contributed by atoms with Crippen LogP contribution in [0.4, 0.5) is 6.01 Å². The Kier molecular flexibility index (Phi) is 4.71. The molecule has 0 fully saturated rings. The first-order valence-corrected chi connectivity index (χ1v) is 8.45. The Bertz CT molecular complexity index is 1020. The van der Waals surface area contributed by atoms with Crippen molar-refractivity contribution >= 4 is 11.9 Å². The van der Waals surface area contributed by atoms with Crippen molar-refractivity contribution < 1.29 is 28.2 Å². The van der Waals surface area contributed by atoms with Gasteiger partial charge in [0.2, 0.25) is 5.89 Å². The predicted molar refractivity (Wildman–Crippen MR) is 98.2 cm³/mol. The van der Waals surface area contributed by atoms with E-state index in [2.05, 4.69) is 15.5 Å². The standard InChI is InChI=1S/C19H17N3O6/c1-24-14-5-3-4-12(16(14)25-2)17(23)20-19-22-21-18(28-19)11-6-7-13-15(10-11)27-9-8-26-13/h3-7,10H,8-9H2,1-2H3,(H,20,22,23). The van der Waals surface area contributed by atoms with Crippen LogP contribution in [0.5, 0.6) is 23.0 Å². The summed E-state index contributed by atoms with van der Waals surface area (Å²) in [6.07, 6.45) is 0. The van der Waals surface area contributed by atoms with Crippen molar-refractivity contribution in [3.8, 4) is 34.5 Å². The molecule has 1 aliphatic heterocycles. The van der Waals surface area contributed by atoms with Crippen LogP contribution >= 0.6 is 0 Å². The minimum absolute atomic E-state index is 0.0419. The highest BCUT2D eigenvalue weighted by molar-refractivity contribution is 6.05. The van der Waals surface area contributed by atoms with Gasteiger partial charge in [0.15, 0.2) is 23.0 Å². The number of amides is 1. The van der Waals surface area contributed by atoms with Crippen molar-refractivity contribution in [1.29, 1.82) is 0 Å². The molecular formula is C19H17N3O6. The van der Waals surface area contributed by atoms with Gasteiger partial charge in [-0.2, -0.15) is 0 Å². The number of para-hydroxylation sites is 1. The summed E-state index contributed by atoms with van der Waals surface area (Å²) in [7, 11) is 2.96. The zero-order valence-corrected chi connectivity index (χ0v) is 15.2. The van der Waals surface area contributed by atoms with Gasteiger partial charge in [-0.15, -0.1) is 5.10 Å². The van der Waals surface area contributed by atoms with Crippen molar-refractivity contribution in [2.75, 3.05) is 32.8 Å². The van der Waals surface area contributed by atoms with Crippen molar-refractivity contribution in [3.05, 3.63) is 42.0 Å². The normalized spacial score (nSPS) is 12.4. The zero-order valence-electron chi connectivity index (χ0n) is 15.2. The summed E-state index contributed by atoms with van der Waals surface area (Å²) in [5, 5.41) is 10.4. The minimum atomic E-state index is -0.465. The third-order valence-corrected chi connectivity index (χ3v) is 4.08. The van der Waals surface area contributed by atoms with Crippen LogP contribution in [0, 0.1) is 0 Å². The van der Waals surface area contributed by atoms with Crippen LogP contribution in [0.25, 0.3) is 11.5 Å². The summed E-state index contributed by atoms with van der Waals surface area (Å²) < 4.78 is 27.1. The number of methoxy groups -OCH3 is 2. The smallest absolute Gasteiger partial charge is 0.322 e. The number of nitrogens with zero attached hydrogens (tertiary/aromatic N) is 2. The van der Waals surface area contributed by atoms with Gasteiger partial charge >= 0.3 is 6.01 Å². The molecule has 9 nitrogen and oxygen atoms in total. The molecule has 1 aliphatic rings. The van der Waals surface area contributed by atoms with E-state index in [-0.39, 0.29) is 17.5 Å². The number of nitrogens with one attached hydrogen (secondary N) is 1. The monoisotopic (exact) mass is 383 g/mol. The minimum Gasteiger partial charge on any atom is -0.493 e. The lowest BCUT2D eigenvalue weighted by Gasteiger charge is -2.18. The fourth-order valence-corrected chi connectivity index (χ4v) is 2.80. The Morgan fingerprint density at radius 2 is 1.86 bits per heavy atom. The number of ether oxygens (including phenoxy) is 4. The fourth-order valence-electron chi connectivity index (χ4n) is 2.80. The third-order valence-electron chi connectivity index (χ3n) is 4.08. The summed E-state index contributed by atoms with van der Waals surface area (Å²) in [5.41, 5.74) is 0.928. The van der Waals surface area contributed by atoms with Crippen LogP contribution < -0.4 is 24.3 Å². The number of hydrogen-bond acceptors (Lipinski definition) is 8. The molecule has 1 aromatic heterocycles. The first-order chi connectivity index (χ1) is 13.7. The van der Waals surface area contributed by atoms with Gasteiger partial charge in [0.05, 0.1) is 19.8 Å². The molecule has 1 amide bonds. The van der Waals surface area contributed by atoms with E-state index in [1.54, 1.807) is 36.4 Å². The maximum absolute atomic E-state index is 12.6. The van der Waals surface area contributed by atoms with Gasteiger partial charge in [-0.3, -0.25) is 10.1 Å². The molecule has 2 heterocycles. The lowest BCUT2D eigenvalue weighted by Crippen LogP contribution is -2.15. The predicted octanol–water partition coefficient (Wildman–Crippen LogP) is 2.78. The summed E-state index contributed by atoms with van der Waals surface area (Å²) >= 11 is 0. The van der Waals surface area contributed by atoms with Crippen LogP contribution in [-0.2, 0) is 0 Å². The number of aromatic nitrogens is 2. The summed E-state index contributed by atoms with van der Waals surface area (Å²) in [5.74, 6) is 1.80. The van der Waals surface area contributed by atoms with E-state index in [1.807, 2.05) is 0 Å². The fraction of sp³-hybridized carbons (Fsp3) is 0.211. The molecule has 0 spiro atoms. The second-order valence-electron chi connectivity index (χ2n) is 5.77. The van der Waals surface area contributed by atoms with Gasteiger partial charge in [-0.1, -0.05) is 11.2 Å². The average molecular weight is 383 g/mol. The van der Waals surface area contributed by atoms with Crippen LogP contribution in [0.3, 0.4) is 0 Å². The van der Waals surface area contributed by atoms with Crippen LogP contribution in [0.2, 0.25) is 0 Å². The molecule has 2 aromatic carbocycles. The van der Waals surface area contributed by atoms with E-state index in [4.69, 9.17) is 23.4 Å². The molecule has 0 saturated heterocycles. The number of benzene rings is 2. The SMILES string of the molecule is COc1cccc(C(=O)Nc2nnc(-c3ccc4c(c3)OCCO4)o2)c1OC. The van der Waals surface area contributed by atoms with E-state index in [9.17, 15) is 4.79 Å². The van der Waals surface area contributed by atoms with E-state index in [0.717, 1.165) is 0 Å². The molecule has 1 N–H and O–H groups in total. The highest BCUT2D eigenvalue weighted by Gasteiger charge is 2.20. The second kappa shape index (κ2) is 7.47. The summed E-state index contributed by atoms with van der Waals surface area (Å²) in [6.45, 7) is 0.987. The largest absolute Gasteiger partial charge is 0.493 e. The van der Waals surface area contributed by atoms with Gasteiger partial charge in [-0.25, -0.2) is 0 Å². The Labute approximate surface area is 160 Å². The second-order valence-corrected chi connectivity index (χ2v) is 5.77. The molecule has 28 heavy (non-hydrogen) atoms. The van der Waals surface area contributed by atoms with E-state index >= 15 is 0 Å². The first-order valence-electron chi connectivity index (χ1n) is 8.45. The number of carbonyl (C=O) groups is 1. The molecule has 0 atom stereocenters. The highest BCUT2D eigenvalue weighted by atomic mass is 16.6. The van der Waals surface area contributed by atoms with Gasteiger partial charge < -0.3 is 23.4 Å². The maximum atomic E-state index is 12.6. The van der Waals surface area contributed by atoms with Gasteiger partial charge in [0, 0.05) is 5.56 Å². The summed E-state index contributed by atoms with van der Waals surface area (Å²) in [4.78, 5) is 12.6. The molecule has 9 heteroatoms. The molecular weight excluding hydrogens is 366 g/mol. The Hall–Kier alpha value is -3.75. The van der Waals surface area contributed by atoms with E-state index in [1.165, 1.54) is 14.2 Å². The van der Waals surface area contributed by atoms with Crippen molar-refractivity contribution in [2.45, 2.75) is 0 Å². The Morgan fingerprint density at radius 1 is 1.04 bits per heavy atom. The number of carbonyl (C=O) groups excluding carboxylic acids is 1. The Morgan fingerprint density at radius 3 is 2.64 bits per heavy atom. The third kappa shape index (κ3) is 3.29. The van der Waals surface area contributed by atoms with Gasteiger partial charge in [0.1, 0.15) is 13.2 Å². The maximum Gasteiger partial charge on any atom is 0.322 e. The van der Waals surface area contributed by atoms with Crippen LogP contribution in [0.15, 0.2) is 40.8 Å². The molecule has 0 saturated carbocycles. The molecule has 0 radical (unpaired) electrons. The number of anilines is 1. The quantitative estimate of drug-likeness (QED) is 0.717. The first kappa shape index (κ1) is 17.7. The molecule has 3 aromatic rings.